The Morgan fingerprint density at radius 2 is 2.12 bits per heavy atom. The maximum absolute atomic E-state index is 12.3. The zero-order chi connectivity index (χ0) is 17.6. The molecule has 1 aliphatic rings. The first-order chi connectivity index (χ1) is 12.2. The number of thiophene rings is 1. The number of benzene rings is 1. The molecule has 0 fully saturated rings. The monoisotopic (exact) mass is 352 g/mol. The number of fused-ring (bicyclic) bond motifs is 1. The third kappa shape index (κ3) is 4.09. The number of carbonyl (C=O) groups is 1. The van der Waals surface area contributed by atoms with Gasteiger partial charge >= 0.3 is 0 Å². The Morgan fingerprint density at radius 1 is 1.36 bits per heavy atom. The molecule has 4 nitrogen and oxygen atoms in total. The lowest BCUT2D eigenvalue weighted by Gasteiger charge is -2.18. The number of carbonyl (C=O) groups excluding carboxylic acids is 1. The Bertz CT molecular complexity index is 832. The smallest absolute Gasteiger partial charge is 0.262 e. The van der Waals surface area contributed by atoms with Crippen LogP contribution in [0.25, 0.3) is 6.08 Å². The predicted molar refractivity (Wildman–Crippen MR) is 99.4 cm³/mol. The minimum absolute atomic E-state index is 0.0885. The molecule has 1 aromatic carbocycles. The van der Waals surface area contributed by atoms with Crippen molar-refractivity contribution in [2.45, 2.75) is 32.2 Å². The van der Waals surface area contributed by atoms with Gasteiger partial charge in [0.15, 0.2) is 0 Å². The van der Waals surface area contributed by atoms with Gasteiger partial charge in [0.25, 0.3) is 5.91 Å². The molecule has 1 aliphatic carbocycles. The summed E-state index contributed by atoms with van der Waals surface area (Å²) in [5.74, 6) is 0.343. The fraction of sp³-hybridized carbons (Fsp3) is 0.300. The number of nitrogens with zero attached hydrogens (tertiary/aromatic N) is 1. The van der Waals surface area contributed by atoms with E-state index in [0.717, 1.165) is 23.3 Å². The molecule has 1 N–H and O–H groups in total. The van der Waals surface area contributed by atoms with E-state index < -0.39 is 0 Å². The van der Waals surface area contributed by atoms with Gasteiger partial charge in [-0.25, -0.2) is 0 Å². The van der Waals surface area contributed by atoms with Crippen LogP contribution in [0.15, 0.2) is 35.2 Å². The molecular formula is C20H20N2O2S. The number of rotatable bonds is 5. The maximum Gasteiger partial charge on any atom is 0.262 e. The van der Waals surface area contributed by atoms with Crippen molar-refractivity contribution in [1.29, 1.82) is 5.26 Å². The number of ether oxygens (including phenoxy) is 1. The Balaban J connectivity index is 1.83. The van der Waals surface area contributed by atoms with Crippen LogP contribution in [0, 0.1) is 11.3 Å². The van der Waals surface area contributed by atoms with Gasteiger partial charge in [-0.1, -0.05) is 6.07 Å². The number of nitrogens with one attached hydrogen (secondary N) is 1. The Kier molecular flexibility index (Phi) is 5.52. The van der Waals surface area contributed by atoms with Gasteiger partial charge in [-0.05, 0) is 66.5 Å². The van der Waals surface area contributed by atoms with Crippen LogP contribution in [-0.4, -0.2) is 13.0 Å². The van der Waals surface area contributed by atoms with E-state index in [1.54, 1.807) is 24.5 Å². The zero-order valence-electron chi connectivity index (χ0n) is 14.2. The summed E-state index contributed by atoms with van der Waals surface area (Å²) in [6, 6.07) is 9.99. The predicted octanol–water partition coefficient (Wildman–Crippen LogP) is 3.86. The topological polar surface area (TPSA) is 62.1 Å². The lowest BCUT2D eigenvalue weighted by Crippen LogP contribution is -2.23. The molecule has 0 atom stereocenters. The van der Waals surface area contributed by atoms with Crippen molar-refractivity contribution in [2.24, 2.45) is 0 Å². The summed E-state index contributed by atoms with van der Waals surface area (Å²) in [6.07, 6.45) is 6.08. The molecule has 0 saturated carbocycles. The summed E-state index contributed by atoms with van der Waals surface area (Å²) in [6.45, 7) is 0.427. The molecule has 0 unspecified atom stereocenters. The van der Waals surface area contributed by atoms with Crippen molar-refractivity contribution in [3.63, 3.8) is 0 Å². The lowest BCUT2D eigenvalue weighted by molar-refractivity contribution is -0.117. The fourth-order valence-electron chi connectivity index (χ4n) is 3.05. The highest BCUT2D eigenvalue weighted by atomic mass is 32.1. The average Bonchev–Trinajstić information content (AvgIpc) is 3.17. The number of amides is 1. The normalized spacial score (nSPS) is 13.7. The van der Waals surface area contributed by atoms with E-state index in [2.05, 4.69) is 11.4 Å². The molecule has 0 spiro atoms. The Morgan fingerprint density at radius 3 is 2.76 bits per heavy atom. The Labute approximate surface area is 151 Å². The minimum Gasteiger partial charge on any atom is -0.496 e. The van der Waals surface area contributed by atoms with Crippen LogP contribution < -0.4 is 10.1 Å². The van der Waals surface area contributed by atoms with Crippen molar-refractivity contribution in [3.05, 3.63) is 56.8 Å². The molecule has 2 aromatic rings. The maximum atomic E-state index is 12.3. The van der Waals surface area contributed by atoms with E-state index in [9.17, 15) is 10.1 Å². The molecule has 0 bridgehead atoms. The van der Waals surface area contributed by atoms with E-state index in [1.165, 1.54) is 24.0 Å². The summed E-state index contributed by atoms with van der Waals surface area (Å²) in [5, 5.41) is 14.2. The Hall–Kier alpha value is -2.58. The number of hydrogen-bond donors (Lipinski definition) is 1. The molecule has 128 valence electrons. The number of methoxy groups -OCH3 is 1. The molecule has 25 heavy (non-hydrogen) atoms. The quantitative estimate of drug-likeness (QED) is 0.656. The number of hydrogen-bond acceptors (Lipinski definition) is 4. The highest BCUT2D eigenvalue weighted by molar-refractivity contribution is 7.09. The van der Waals surface area contributed by atoms with Crippen molar-refractivity contribution >= 4 is 23.3 Å². The van der Waals surface area contributed by atoms with Gasteiger partial charge in [0, 0.05) is 10.4 Å². The van der Waals surface area contributed by atoms with Crippen molar-refractivity contribution in [1.82, 2.24) is 5.32 Å². The van der Waals surface area contributed by atoms with Crippen LogP contribution in [-0.2, 0) is 24.2 Å². The van der Waals surface area contributed by atoms with Gasteiger partial charge in [-0.3, -0.25) is 4.79 Å². The number of aryl methyl sites for hydroxylation is 2. The number of nitriles is 1. The summed E-state index contributed by atoms with van der Waals surface area (Å²) in [5.41, 5.74) is 3.46. The average molecular weight is 352 g/mol. The summed E-state index contributed by atoms with van der Waals surface area (Å²) in [7, 11) is 1.62. The van der Waals surface area contributed by atoms with Crippen LogP contribution in [0.2, 0.25) is 0 Å². The van der Waals surface area contributed by atoms with Crippen molar-refractivity contribution in [2.75, 3.05) is 7.11 Å². The van der Waals surface area contributed by atoms with Gasteiger partial charge in [0.2, 0.25) is 0 Å². The molecule has 1 aromatic heterocycles. The largest absolute Gasteiger partial charge is 0.496 e. The molecule has 3 rings (SSSR count). The lowest BCUT2D eigenvalue weighted by atomic mass is 9.89. The standard InChI is InChI=1S/C20H20N2O2S/c1-24-19-11-15-6-3-2-5-14(15)9-16(19)10-17(12-21)20(23)22-13-18-7-4-8-25-18/h4,7-11H,2-3,5-6,13H2,1H3,(H,22,23)/b17-10+. The molecule has 0 aliphatic heterocycles. The SMILES string of the molecule is COc1cc2c(cc1/C=C(\C#N)C(=O)NCc1cccs1)CCCC2. The molecule has 0 radical (unpaired) electrons. The first kappa shape index (κ1) is 17.2. The van der Waals surface area contributed by atoms with Gasteiger partial charge in [-0.15, -0.1) is 11.3 Å². The first-order valence-corrected chi connectivity index (χ1v) is 9.21. The second-order valence-electron chi connectivity index (χ2n) is 6.00. The van der Waals surface area contributed by atoms with Gasteiger partial charge in [0.1, 0.15) is 17.4 Å². The van der Waals surface area contributed by atoms with Crippen LogP contribution in [0.5, 0.6) is 5.75 Å². The highest BCUT2D eigenvalue weighted by Gasteiger charge is 2.15. The third-order valence-electron chi connectivity index (χ3n) is 4.36. The van der Waals surface area contributed by atoms with Crippen LogP contribution in [0.3, 0.4) is 0 Å². The van der Waals surface area contributed by atoms with E-state index in [1.807, 2.05) is 29.6 Å². The van der Waals surface area contributed by atoms with E-state index in [4.69, 9.17) is 4.74 Å². The second-order valence-corrected chi connectivity index (χ2v) is 7.03. The molecular weight excluding hydrogens is 332 g/mol. The molecule has 1 heterocycles. The fourth-order valence-corrected chi connectivity index (χ4v) is 3.70. The third-order valence-corrected chi connectivity index (χ3v) is 5.24. The minimum atomic E-state index is -0.365. The van der Waals surface area contributed by atoms with Crippen molar-refractivity contribution < 1.29 is 9.53 Å². The first-order valence-electron chi connectivity index (χ1n) is 8.33. The molecule has 0 saturated heterocycles. The van der Waals surface area contributed by atoms with Gasteiger partial charge < -0.3 is 10.1 Å². The summed E-state index contributed by atoms with van der Waals surface area (Å²) < 4.78 is 5.47. The summed E-state index contributed by atoms with van der Waals surface area (Å²) in [4.78, 5) is 13.4. The second kappa shape index (κ2) is 8.00. The summed E-state index contributed by atoms with van der Waals surface area (Å²) >= 11 is 1.57. The zero-order valence-corrected chi connectivity index (χ0v) is 15.0. The van der Waals surface area contributed by atoms with Gasteiger partial charge in [0.05, 0.1) is 13.7 Å². The molecule has 5 heteroatoms. The van der Waals surface area contributed by atoms with Gasteiger partial charge in [-0.2, -0.15) is 5.26 Å². The van der Waals surface area contributed by atoms with Crippen molar-refractivity contribution in [3.8, 4) is 11.8 Å². The van der Waals surface area contributed by atoms with Crippen LogP contribution in [0.4, 0.5) is 0 Å². The highest BCUT2D eigenvalue weighted by Crippen LogP contribution is 2.30. The molecule has 1 amide bonds. The van der Waals surface area contributed by atoms with E-state index in [0.29, 0.717) is 12.3 Å². The van der Waals surface area contributed by atoms with Crippen LogP contribution in [0.1, 0.15) is 34.4 Å². The van der Waals surface area contributed by atoms with E-state index in [-0.39, 0.29) is 11.5 Å². The van der Waals surface area contributed by atoms with E-state index >= 15 is 0 Å². The van der Waals surface area contributed by atoms with Crippen LogP contribution >= 0.6 is 11.3 Å².